The molecule has 0 bridgehead atoms. The summed E-state index contributed by atoms with van der Waals surface area (Å²) in [6.45, 7) is 5.26. The van der Waals surface area contributed by atoms with Gasteiger partial charge in [-0.3, -0.25) is 9.36 Å². The molecule has 1 atom stereocenters. The van der Waals surface area contributed by atoms with Crippen LogP contribution < -0.4 is 5.56 Å². The second-order valence-electron chi connectivity index (χ2n) is 9.51. The third-order valence-electron chi connectivity index (χ3n) is 6.70. The normalized spacial score (nSPS) is 15.6. The van der Waals surface area contributed by atoms with E-state index < -0.39 is 0 Å². The first-order valence-electron chi connectivity index (χ1n) is 12.0. The van der Waals surface area contributed by atoms with Crippen LogP contribution in [0.3, 0.4) is 0 Å². The number of halogens is 2. The number of fused-ring (bicyclic) bond motifs is 5. The monoisotopic (exact) mass is 570 g/mol. The van der Waals surface area contributed by atoms with Crippen LogP contribution in [0.5, 0.6) is 0 Å². The van der Waals surface area contributed by atoms with Crippen LogP contribution in [0, 0.1) is 5.92 Å². The van der Waals surface area contributed by atoms with E-state index in [0.29, 0.717) is 40.6 Å². The van der Waals surface area contributed by atoms with Crippen molar-refractivity contribution < 1.29 is 4.74 Å². The molecule has 3 aromatic heterocycles. The van der Waals surface area contributed by atoms with Crippen LogP contribution >= 0.6 is 46.3 Å². The van der Waals surface area contributed by atoms with Crippen molar-refractivity contribution in [3.05, 3.63) is 90.5 Å². The molecule has 4 heterocycles. The molecule has 190 valence electrons. The number of thioether (sulfide) groups is 1. The maximum Gasteiger partial charge on any atom is 0.264 e. The standard InChI is InChI=1S/C27H24Cl2N4O2S2/c1-15(2)21-11-18-22(13-35-21)37-25-23(18)24(34)32(12-16-6-4-3-5-7-16)26-30-31-27(33(25)26)36-14-17-8-9-19(28)20(29)10-17/h3-10,15,21H,11-14H2,1-2H3/t21-/m0/s1. The largest absolute Gasteiger partial charge is 0.372 e. The van der Waals surface area contributed by atoms with E-state index >= 15 is 0 Å². The highest BCUT2D eigenvalue weighted by atomic mass is 35.5. The van der Waals surface area contributed by atoms with Gasteiger partial charge in [0.2, 0.25) is 5.78 Å². The maximum absolute atomic E-state index is 14.0. The molecule has 1 aliphatic heterocycles. The summed E-state index contributed by atoms with van der Waals surface area (Å²) in [5.74, 6) is 1.55. The van der Waals surface area contributed by atoms with Gasteiger partial charge in [0, 0.05) is 17.1 Å². The summed E-state index contributed by atoms with van der Waals surface area (Å²) in [5, 5.41) is 11.6. The van der Waals surface area contributed by atoms with E-state index in [1.807, 2.05) is 46.9 Å². The summed E-state index contributed by atoms with van der Waals surface area (Å²) in [5.41, 5.74) is 3.14. The van der Waals surface area contributed by atoms with E-state index in [4.69, 9.17) is 27.9 Å². The average Bonchev–Trinajstić information content (AvgIpc) is 3.49. The lowest BCUT2D eigenvalue weighted by atomic mass is 9.96. The summed E-state index contributed by atoms with van der Waals surface area (Å²) in [4.78, 5) is 16.0. The molecule has 37 heavy (non-hydrogen) atoms. The molecule has 2 aromatic carbocycles. The van der Waals surface area contributed by atoms with E-state index in [9.17, 15) is 4.79 Å². The molecule has 0 N–H and O–H groups in total. The minimum atomic E-state index is -0.0262. The van der Waals surface area contributed by atoms with Gasteiger partial charge in [-0.2, -0.15) is 0 Å². The Balaban J connectivity index is 1.51. The fourth-order valence-corrected chi connectivity index (χ4v) is 7.19. The van der Waals surface area contributed by atoms with E-state index in [0.717, 1.165) is 43.4 Å². The van der Waals surface area contributed by atoms with Crippen molar-refractivity contribution in [2.45, 2.75) is 50.4 Å². The first-order valence-corrected chi connectivity index (χ1v) is 14.6. The first-order chi connectivity index (χ1) is 17.9. The third kappa shape index (κ3) is 4.59. The predicted molar refractivity (Wildman–Crippen MR) is 151 cm³/mol. The van der Waals surface area contributed by atoms with Crippen LogP contribution in [0.25, 0.3) is 16.0 Å². The lowest BCUT2D eigenvalue weighted by Crippen LogP contribution is -2.28. The highest BCUT2D eigenvalue weighted by molar-refractivity contribution is 7.98. The number of thiophene rings is 1. The second kappa shape index (κ2) is 10.1. The fraction of sp³-hybridized carbons (Fsp3) is 0.296. The number of hydrogen-bond acceptors (Lipinski definition) is 6. The van der Waals surface area contributed by atoms with Gasteiger partial charge >= 0.3 is 0 Å². The van der Waals surface area contributed by atoms with E-state index in [1.54, 1.807) is 33.7 Å². The van der Waals surface area contributed by atoms with Crippen LogP contribution in [0.4, 0.5) is 0 Å². The Hall–Kier alpha value is -2.36. The molecule has 0 radical (unpaired) electrons. The van der Waals surface area contributed by atoms with Gasteiger partial charge in [-0.25, -0.2) is 4.40 Å². The minimum absolute atomic E-state index is 0.0262. The fourth-order valence-electron chi connectivity index (χ4n) is 4.70. The topological polar surface area (TPSA) is 61.4 Å². The molecule has 6 rings (SSSR count). The van der Waals surface area contributed by atoms with Gasteiger partial charge in [-0.1, -0.05) is 85.2 Å². The number of benzene rings is 2. The zero-order valence-corrected chi connectivity index (χ0v) is 23.4. The van der Waals surface area contributed by atoms with Gasteiger partial charge in [0.15, 0.2) is 5.16 Å². The number of nitrogens with zero attached hydrogens (tertiary/aromatic N) is 4. The summed E-state index contributed by atoms with van der Waals surface area (Å²) in [6, 6.07) is 15.6. The highest BCUT2D eigenvalue weighted by Gasteiger charge is 2.30. The Morgan fingerprint density at radius 3 is 2.68 bits per heavy atom. The Morgan fingerprint density at radius 1 is 1.11 bits per heavy atom. The molecule has 0 unspecified atom stereocenters. The van der Waals surface area contributed by atoms with Crippen molar-refractivity contribution in [2.75, 3.05) is 0 Å². The quantitative estimate of drug-likeness (QED) is 0.209. The Morgan fingerprint density at radius 2 is 1.92 bits per heavy atom. The molecule has 1 aliphatic rings. The summed E-state index contributed by atoms with van der Waals surface area (Å²) in [7, 11) is 0. The smallest absolute Gasteiger partial charge is 0.264 e. The molecule has 6 nitrogen and oxygen atoms in total. The first kappa shape index (κ1) is 24.9. The molecule has 10 heteroatoms. The van der Waals surface area contributed by atoms with Crippen molar-refractivity contribution >= 4 is 62.3 Å². The van der Waals surface area contributed by atoms with E-state index in [1.165, 1.54) is 0 Å². The van der Waals surface area contributed by atoms with E-state index in [2.05, 4.69) is 24.0 Å². The molecule has 0 amide bonds. The van der Waals surface area contributed by atoms with Crippen molar-refractivity contribution in [2.24, 2.45) is 5.92 Å². The Labute approximate surface area is 232 Å². The van der Waals surface area contributed by atoms with Gasteiger partial charge in [-0.05, 0) is 34.7 Å². The Kier molecular flexibility index (Phi) is 6.79. The molecule has 0 fully saturated rings. The van der Waals surface area contributed by atoms with Gasteiger partial charge in [-0.15, -0.1) is 21.5 Å². The molecular weight excluding hydrogens is 547 g/mol. The zero-order valence-electron chi connectivity index (χ0n) is 20.3. The van der Waals surface area contributed by atoms with Gasteiger partial charge in [0.05, 0.1) is 34.7 Å². The molecule has 0 saturated heterocycles. The zero-order chi connectivity index (χ0) is 25.7. The van der Waals surface area contributed by atoms with Crippen LogP contribution in [-0.2, 0) is 30.1 Å². The number of hydrogen-bond donors (Lipinski definition) is 0. The number of aromatic nitrogens is 4. The van der Waals surface area contributed by atoms with E-state index in [-0.39, 0.29) is 11.7 Å². The number of ether oxygens (including phenoxy) is 1. The summed E-state index contributed by atoms with van der Waals surface area (Å²) >= 11 is 15.5. The summed E-state index contributed by atoms with van der Waals surface area (Å²) in [6.07, 6.45) is 0.819. The molecule has 0 saturated carbocycles. The van der Waals surface area contributed by atoms with Crippen molar-refractivity contribution in [1.82, 2.24) is 19.2 Å². The van der Waals surface area contributed by atoms with Crippen molar-refractivity contribution in [1.29, 1.82) is 0 Å². The van der Waals surface area contributed by atoms with Gasteiger partial charge in [0.25, 0.3) is 5.56 Å². The lowest BCUT2D eigenvalue weighted by Gasteiger charge is -2.26. The maximum atomic E-state index is 14.0. The molecular formula is C27H24Cl2N4O2S2. The van der Waals surface area contributed by atoms with Crippen LogP contribution in [-0.4, -0.2) is 25.3 Å². The van der Waals surface area contributed by atoms with Gasteiger partial charge in [0.1, 0.15) is 4.83 Å². The van der Waals surface area contributed by atoms with Crippen LogP contribution in [0.15, 0.2) is 58.5 Å². The van der Waals surface area contributed by atoms with Crippen LogP contribution in [0.1, 0.15) is 35.4 Å². The Bertz CT molecular complexity index is 1680. The van der Waals surface area contributed by atoms with Crippen LogP contribution in [0.2, 0.25) is 10.0 Å². The number of rotatable bonds is 6. The molecule has 5 aromatic rings. The minimum Gasteiger partial charge on any atom is -0.372 e. The molecule has 0 spiro atoms. The van der Waals surface area contributed by atoms with Gasteiger partial charge < -0.3 is 4.74 Å². The lowest BCUT2D eigenvalue weighted by molar-refractivity contribution is 0.00200. The van der Waals surface area contributed by atoms with Crippen molar-refractivity contribution in [3.8, 4) is 0 Å². The third-order valence-corrected chi connectivity index (χ3v) is 9.63. The van der Waals surface area contributed by atoms with Crippen molar-refractivity contribution in [3.63, 3.8) is 0 Å². The second-order valence-corrected chi connectivity index (χ2v) is 12.4. The highest BCUT2D eigenvalue weighted by Crippen LogP contribution is 2.38. The average molecular weight is 572 g/mol. The SMILES string of the molecule is CC(C)[C@@H]1Cc2c(sc3c2c(=O)n(Cc2ccccc2)c2nnc(SCc4ccc(Cl)c(Cl)c4)n32)CO1. The summed E-state index contributed by atoms with van der Waals surface area (Å²) < 4.78 is 9.93. The molecule has 0 aliphatic carbocycles. The predicted octanol–water partition coefficient (Wildman–Crippen LogP) is 6.85.